The van der Waals surface area contributed by atoms with Crippen LogP contribution >= 0.6 is 0 Å². The predicted molar refractivity (Wildman–Crippen MR) is 123 cm³/mol. The van der Waals surface area contributed by atoms with Crippen LogP contribution in [0.5, 0.6) is 23.0 Å². The lowest BCUT2D eigenvalue weighted by molar-refractivity contribution is -0.116. The molecule has 0 aliphatic carbocycles. The van der Waals surface area contributed by atoms with Gasteiger partial charge in [-0.05, 0) is 54.3 Å². The zero-order valence-electron chi connectivity index (χ0n) is 19.1. The third-order valence-corrected chi connectivity index (χ3v) is 5.88. The number of rotatable bonds is 9. The Bertz CT molecular complexity index is 949. The molecule has 7 nitrogen and oxygen atoms in total. The third-order valence-electron chi connectivity index (χ3n) is 5.88. The molecule has 1 N–H and O–H groups in total. The lowest BCUT2D eigenvalue weighted by Crippen LogP contribution is -2.44. The van der Waals surface area contributed by atoms with Crippen molar-refractivity contribution < 1.29 is 28.5 Å². The monoisotopic (exact) mass is 441 g/mol. The Balaban J connectivity index is 1.73. The van der Waals surface area contributed by atoms with Crippen LogP contribution in [0.25, 0.3) is 6.08 Å². The van der Waals surface area contributed by atoms with Crippen molar-refractivity contribution in [2.75, 3.05) is 48.2 Å². The van der Waals surface area contributed by atoms with Crippen molar-refractivity contribution in [3.8, 4) is 23.0 Å². The van der Waals surface area contributed by atoms with Gasteiger partial charge >= 0.3 is 0 Å². The van der Waals surface area contributed by atoms with Gasteiger partial charge in [0.2, 0.25) is 5.91 Å². The molecular weight excluding hydrogens is 410 g/mol. The summed E-state index contributed by atoms with van der Waals surface area (Å²) in [4.78, 5) is 12.6. The van der Waals surface area contributed by atoms with E-state index in [4.69, 9.17) is 23.7 Å². The van der Waals surface area contributed by atoms with Gasteiger partial charge in [0.25, 0.3) is 0 Å². The first kappa shape index (κ1) is 23.5. The fourth-order valence-electron chi connectivity index (χ4n) is 3.94. The Morgan fingerprint density at radius 3 is 2.12 bits per heavy atom. The van der Waals surface area contributed by atoms with Crippen molar-refractivity contribution in [3.63, 3.8) is 0 Å². The van der Waals surface area contributed by atoms with Gasteiger partial charge in [-0.25, -0.2) is 0 Å². The first-order valence-electron chi connectivity index (χ1n) is 10.5. The second-order valence-electron chi connectivity index (χ2n) is 7.63. The van der Waals surface area contributed by atoms with Crippen LogP contribution in [0, 0.1) is 0 Å². The van der Waals surface area contributed by atoms with Crippen LogP contribution in [-0.2, 0) is 14.9 Å². The predicted octanol–water partition coefficient (Wildman–Crippen LogP) is 3.60. The summed E-state index contributed by atoms with van der Waals surface area (Å²) in [6, 6.07) is 11.4. The van der Waals surface area contributed by atoms with Crippen LogP contribution < -0.4 is 24.3 Å². The van der Waals surface area contributed by atoms with E-state index in [0.29, 0.717) is 42.8 Å². The Kier molecular flexibility index (Phi) is 8.00. The van der Waals surface area contributed by atoms with Crippen molar-refractivity contribution in [1.82, 2.24) is 5.32 Å². The van der Waals surface area contributed by atoms with E-state index in [0.717, 1.165) is 24.0 Å². The Morgan fingerprint density at radius 1 is 0.906 bits per heavy atom. The molecule has 1 heterocycles. The van der Waals surface area contributed by atoms with Crippen molar-refractivity contribution in [2.45, 2.75) is 18.3 Å². The largest absolute Gasteiger partial charge is 0.493 e. The van der Waals surface area contributed by atoms with Crippen LogP contribution in [0.3, 0.4) is 0 Å². The zero-order chi connectivity index (χ0) is 23.0. The summed E-state index contributed by atoms with van der Waals surface area (Å²) in [7, 11) is 6.41. The fraction of sp³-hybridized carbons (Fsp3) is 0.400. The topological polar surface area (TPSA) is 75.3 Å². The molecule has 2 aromatic carbocycles. The van der Waals surface area contributed by atoms with Gasteiger partial charge in [0, 0.05) is 31.2 Å². The Labute approximate surface area is 189 Å². The van der Waals surface area contributed by atoms with Gasteiger partial charge in [-0.1, -0.05) is 12.1 Å². The van der Waals surface area contributed by atoms with Crippen LogP contribution in [-0.4, -0.2) is 54.1 Å². The van der Waals surface area contributed by atoms with Gasteiger partial charge in [0.15, 0.2) is 23.0 Å². The molecule has 0 atom stereocenters. The van der Waals surface area contributed by atoms with Crippen molar-refractivity contribution in [1.29, 1.82) is 0 Å². The number of hydrogen-bond donors (Lipinski definition) is 1. The van der Waals surface area contributed by atoms with Crippen LogP contribution in [0.15, 0.2) is 42.5 Å². The summed E-state index contributed by atoms with van der Waals surface area (Å²) in [5.74, 6) is 2.46. The maximum Gasteiger partial charge on any atom is 0.244 e. The Morgan fingerprint density at radius 2 is 1.50 bits per heavy atom. The van der Waals surface area contributed by atoms with Gasteiger partial charge in [-0.2, -0.15) is 0 Å². The zero-order valence-corrected chi connectivity index (χ0v) is 19.1. The van der Waals surface area contributed by atoms with Crippen LogP contribution in [0.1, 0.15) is 24.0 Å². The van der Waals surface area contributed by atoms with Crippen molar-refractivity contribution in [3.05, 3.63) is 53.6 Å². The van der Waals surface area contributed by atoms with E-state index in [1.807, 2.05) is 36.4 Å². The molecule has 7 heteroatoms. The lowest BCUT2D eigenvalue weighted by atomic mass is 9.74. The Hall–Kier alpha value is -3.19. The molecule has 32 heavy (non-hydrogen) atoms. The van der Waals surface area contributed by atoms with E-state index < -0.39 is 0 Å². The molecule has 0 aromatic heterocycles. The molecule has 1 aliphatic rings. The minimum atomic E-state index is -0.232. The van der Waals surface area contributed by atoms with Crippen molar-refractivity contribution in [2.24, 2.45) is 0 Å². The standard InChI is InChI=1S/C25H31NO6/c1-28-20-8-5-18(15-22(20)30-3)6-10-24(27)26-17-25(11-13-32-14-12-25)19-7-9-21(29-2)23(16-19)31-4/h5-10,15-16H,11-14,17H2,1-4H3,(H,26,27). The molecule has 172 valence electrons. The molecule has 1 fully saturated rings. The second kappa shape index (κ2) is 10.9. The highest BCUT2D eigenvalue weighted by Gasteiger charge is 2.35. The summed E-state index contributed by atoms with van der Waals surface area (Å²) < 4.78 is 27.0. The molecule has 0 radical (unpaired) electrons. The van der Waals surface area contributed by atoms with Crippen molar-refractivity contribution >= 4 is 12.0 Å². The second-order valence-corrected chi connectivity index (χ2v) is 7.63. The number of amides is 1. The van der Waals surface area contributed by atoms with E-state index in [2.05, 4.69) is 5.32 Å². The van der Waals surface area contributed by atoms with Crippen LogP contribution in [0.4, 0.5) is 0 Å². The highest BCUT2D eigenvalue weighted by atomic mass is 16.5. The van der Waals surface area contributed by atoms with E-state index in [9.17, 15) is 4.79 Å². The number of benzene rings is 2. The quantitative estimate of drug-likeness (QED) is 0.600. The van der Waals surface area contributed by atoms with E-state index >= 15 is 0 Å². The van der Waals surface area contributed by atoms with E-state index in [-0.39, 0.29) is 11.3 Å². The molecule has 1 amide bonds. The first-order valence-corrected chi connectivity index (χ1v) is 10.5. The fourth-order valence-corrected chi connectivity index (χ4v) is 3.94. The number of carbonyl (C=O) groups is 1. The molecule has 0 unspecified atom stereocenters. The first-order chi connectivity index (χ1) is 15.5. The van der Waals surface area contributed by atoms with Crippen LogP contribution in [0.2, 0.25) is 0 Å². The summed E-state index contributed by atoms with van der Waals surface area (Å²) in [5, 5.41) is 3.07. The lowest BCUT2D eigenvalue weighted by Gasteiger charge is -2.38. The number of hydrogen-bond acceptors (Lipinski definition) is 6. The van der Waals surface area contributed by atoms with Gasteiger partial charge < -0.3 is 29.0 Å². The highest BCUT2D eigenvalue weighted by Crippen LogP contribution is 2.39. The minimum absolute atomic E-state index is 0.161. The molecule has 3 rings (SSSR count). The third kappa shape index (κ3) is 5.34. The molecular formula is C25H31NO6. The minimum Gasteiger partial charge on any atom is -0.493 e. The van der Waals surface area contributed by atoms with Gasteiger partial charge in [0.1, 0.15) is 0 Å². The molecule has 0 bridgehead atoms. The van der Waals surface area contributed by atoms with Gasteiger partial charge in [-0.3, -0.25) is 4.79 Å². The maximum absolute atomic E-state index is 12.6. The number of carbonyl (C=O) groups excluding carboxylic acids is 1. The summed E-state index contributed by atoms with van der Waals surface area (Å²) >= 11 is 0. The average molecular weight is 442 g/mol. The van der Waals surface area contributed by atoms with E-state index in [1.165, 1.54) is 6.08 Å². The molecule has 2 aromatic rings. The molecule has 0 saturated carbocycles. The molecule has 0 spiro atoms. The summed E-state index contributed by atoms with van der Waals surface area (Å²) in [6.07, 6.45) is 4.90. The van der Waals surface area contributed by atoms with E-state index in [1.54, 1.807) is 34.5 Å². The number of ether oxygens (including phenoxy) is 5. The normalized spacial score (nSPS) is 15.2. The maximum atomic E-state index is 12.6. The van der Waals surface area contributed by atoms with Gasteiger partial charge in [0.05, 0.1) is 28.4 Å². The molecule has 1 saturated heterocycles. The smallest absolute Gasteiger partial charge is 0.244 e. The highest BCUT2D eigenvalue weighted by molar-refractivity contribution is 5.91. The summed E-state index contributed by atoms with van der Waals surface area (Å²) in [6.45, 7) is 1.79. The number of methoxy groups -OCH3 is 4. The van der Waals surface area contributed by atoms with Gasteiger partial charge in [-0.15, -0.1) is 0 Å². The SMILES string of the molecule is COc1ccc(C=CC(=O)NCC2(c3ccc(OC)c(OC)c3)CCOCC2)cc1OC. The number of nitrogens with one attached hydrogen (secondary N) is 1. The summed E-state index contributed by atoms with van der Waals surface area (Å²) in [5.41, 5.74) is 1.71. The average Bonchev–Trinajstić information content (AvgIpc) is 2.86. The molecule has 1 aliphatic heterocycles.